The van der Waals surface area contributed by atoms with Crippen LogP contribution in [0.25, 0.3) is 0 Å². The Hall–Kier alpha value is -1.96. The van der Waals surface area contributed by atoms with Crippen LogP contribution < -0.4 is 4.74 Å². The van der Waals surface area contributed by atoms with E-state index in [0.29, 0.717) is 36.4 Å². The summed E-state index contributed by atoms with van der Waals surface area (Å²) in [6, 6.07) is 18.4. The van der Waals surface area contributed by atoms with Gasteiger partial charge in [0.25, 0.3) is 0 Å². The lowest BCUT2D eigenvalue weighted by atomic mass is 10.1. The van der Waals surface area contributed by atoms with Crippen LogP contribution in [0, 0.1) is 0 Å². The summed E-state index contributed by atoms with van der Waals surface area (Å²) in [5.74, 6) is 0.846. The van der Waals surface area contributed by atoms with Crippen molar-refractivity contribution in [1.29, 1.82) is 0 Å². The fraction of sp³-hybridized carbons (Fsp3) is 0.600. The highest BCUT2D eigenvalue weighted by molar-refractivity contribution is 6.77. The minimum atomic E-state index is -2.15. The second-order valence-corrected chi connectivity index (χ2v) is 17.6. The Bertz CT molecular complexity index is 999. The summed E-state index contributed by atoms with van der Waals surface area (Å²) in [5.41, 5.74) is 3.75. The monoisotopic (exact) mass is 582 g/mol. The molecule has 0 aliphatic carbocycles. The highest BCUT2D eigenvalue weighted by Gasteiger charge is 2.48. The van der Waals surface area contributed by atoms with Crippen LogP contribution in [0.3, 0.4) is 0 Å². The Balaban J connectivity index is 1.84. The smallest absolute Gasteiger partial charge is 0.200 e. The van der Waals surface area contributed by atoms with Gasteiger partial charge in [0.1, 0.15) is 11.9 Å². The SMILES string of the molecule is CC[C@@H]1O[C@@H](COCc2ccc(OC)cc2)[C@@H](O[Si](C(C)C)(C(C)C)C(C)C)C/C=C\C[C@@H]1OCc1ccccc1. The maximum absolute atomic E-state index is 7.38. The first-order valence-electron chi connectivity index (χ1n) is 15.6. The highest BCUT2D eigenvalue weighted by Crippen LogP contribution is 2.44. The molecule has 0 unspecified atom stereocenters. The van der Waals surface area contributed by atoms with Crippen molar-refractivity contribution in [3.63, 3.8) is 0 Å². The summed E-state index contributed by atoms with van der Waals surface area (Å²) >= 11 is 0. The fourth-order valence-electron chi connectivity index (χ4n) is 6.43. The lowest BCUT2D eigenvalue weighted by Crippen LogP contribution is -2.54. The fourth-order valence-corrected chi connectivity index (χ4v) is 12.0. The average molecular weight is 583 g/mol. The van der Waals surface area contributed by atoms with Crippen molar-refractivity contribution in [2.24, 2.45) is 0 Å². The first-order chi connectivity index (χ1) is 19.7. The molecule has 1 aliphatic heterocycles. The summed E-state index contributed by atoms with van der Waals surface area (Å²) in [5, 5.41) is 0. The summed E-state index contributed by atoms with van der Waals surface area (Å²) in [4.78, 5) is 0. The molecule has 0 radical (unpaired) electrons. The van der Waals surface area contributed by atoms with E-state index in [1.54, 1.807) is 7.11 Å². The highest BCUT2D eigenvalue weighted by atomic mass is 28.4. The Labute approximate surface area is 250 Å². The van der Waals surface area contributed by atoms with E-state index in [4.69, 9.17) is 23.4 Å². The van der Waals surface area contributed by atoms with Crippen LogP contribution in [0.2, 0.25) is 16.6 Å². The van der Waals surface area contributed by atoms with Crippen molar-refractivity contribution in [2.75, 3.05) is 13.7 Å². The van der Waals surface area contributed by atoms with Gasteiger partial charge in [-0.05, 0) is 59.1 Å². The second-order valence-electron chi connectivity index (χ2n) is 12.2. The summed E-state index contributed by atoms with van der Waals surface area (Å²) in [7, 11) is -0.464. The number of ether oxygens (including phenoxy) is 4. The maximum Gasteiger partial charge on any atom is 0.200 e. The van der Waals surface area contributed by atoms with Crippen LogP contribution >= 0.6 is 0 Å². The quantitative estimate of drug-likeness (QED) is 0.164. The van der Waals surface area contributed by atoms with E-state index in [1.807, 2.05) is 18.2 Å². The van der Waals surface area contributed by atoms with Crippen LogP contribution in [-0.2, 0) is 31.9 Å². The molecule has 1 aliphatic rings. The van der Waals surface area contributed by atoms with Crippen molar-refractivity contribution in [3.05, 3.63) is 77.9 Å². The number of rotatable bonds is 14. The standard InChI is InChI=1S/C35H54O5Si/c1-9-32-33(38-24-29-15-11-10-12-16-29)17-13-14-18-34(40-41(26(2)3,27(4)5)28(6)7)35(39-32)25-37-23-30-19-21-31(36-8)22-20-30/h10-16,19-22,26-28,32-35H,9,17-18,23-25H2,1-8H3/b14-13-/t32-,33-,34-,35-/m0/s1. The van der Waals surface area contributed by atoms with Gasteiger partial charge in [-0.1, -0.05) is 103 Å². The van der Waals surface area contributed by atoms with E-state index in [-0.39, 0.29) is 24.4 Å². The van der Waals surface area contributed by atoms with Crippen LogP contribution in [0.4, 0.5) is 0 Å². The molecular weight excluding hydrogens is 528 g/mol. The number of methoxy groups -OCH3 is 1. The van der Waals surface area contributed by atoms with E-state index in [1.165, 1.54) is 5.56 Å². The molecule has 0 saturated carbocycles. The molecule has 1 heterocycles. The molecule has 0 aromatic heterocycles. The Kier molecular flexibility index (Phi) is 13.6. The van der Waals surface area contributed by atoms with Gasteiger partial charge >= 0.3 is 0 Å². The van der Waals surface area contributed by atoms with Gasteiger partial charge in [0.2, 0.25) is 8.32 Å². The van der Waals surface area contributed by atoms with Crippen LogP contribution in [0.1, 0.15) is 78.9 Å². The van der Waals surface area contributed by atoms with E-state index in [2.05, 4.69) is 97.0 Å². The molecule has 5 nitrogen and oxygen atoms in total. The lowest BCUT2D eigenvalue weighted by molar-refractivity contribution is -0.150. The molecule has 0 bridgehead atoms. The van der Waals surface area contributed by atoms with Gasteiger partial charge < -0.3 is 23.4 Å². The first kappa shape index (κ1) is 33.5. The van der Waals surface area contributed by atoms with Gasteiger partial charge in [-0.2, -0.15) is 0 Å². The van der Waals surface area contributed by atoms with Gasteiger partial charge in [-0.25, -0.2) is 0 Å². The molecule has 4 atom stereocenters. The third-order valence-electron chi connectivity index (χ3n) is 8.56. The number of hydrogen-bond donors (Lipinski definition) is 0. The molecule has 2 aromatic rings. The van der Waals surface area contributed by atoms with E-state index in [0.717, 1.165) is 30.6 Å². The van der Waals surface area contributed by atoms with Gasteiger partial charge in [-0.3, -0.25) is 0 Å². The largest absolute Gasteiger partial charge is 0.497 e. The molecule has 0 amide bonds. The summed E-state index contributed by atoms with van der Waals surface area (Å²) < 4.78 is 32.5. The minimum absolute atomic E-state index is 0.0402. The number of hydrogen-bond acceptors (Lipinski definition) is 5. The molecule has 41 heavy (non-hydrogen) atoms. The van der Waals surface area contributed by atoms with Crippen LogP contribution in [0.15, 0.2) is 66.7 Å². The predicted molar refractivity (Wildman–Crippen MR) is 171 cm³/mol. The van der Waals surface area contributed by atoms with Gasteiger partial charge in [0.05, 0.1) is 45.2 Å². The van der Waals surface area contributed by atoms with Crippen molar-refractivity contribution in [1.82, 2.24) is 0 Å². The molecule has 0 saturated heterocycles. The second kappa shape index (κ2) is 16.6. The zero-order valence-corrected chi connectivity index (χ0v) is 27.7. The lowest BCUT2D eigenvalue weighted by Gasteiger charge is -2.46. The molecule has 0 spiro atoms. The molecule has 0 fully saturated rings. The molecule has 3 rings (SSSR count). The number of benzene rings is 2. The zero-order valence-electron chi connectivity index (χ0n) is 26.7. The first-order valence-corrected chi connectivity index (χ1v) is 17.7. The van der Waals surface area contributed by atoms with Crippen LogP contribution in [0.5, 0.6) is 5.75 Å². The zero-order chi connectivity index (χ0) is 29.8. The van der Waals surface area contributed by atoms with Crippen molar-refractivity contribution < 1.29 is 23.4 Å². The van der Waals surface area contributed by atoms with Gasteiger partial charge in [0, 0.05) is 0 Å². The molecule has 6 heteroatoms. The molecular formula is C35H54O5Si. The van der Waals surface area contributed by atoms with E-state index >= 15 is 0 Å². The van der Waals surface area contributed by atoms with Crippen LogP contribution in [-0.4, -0.2) is 46.4 Å². The van der Waals surface area contributed by atoms with E-state index < -0.39 is 8.32 Å². The van der Waals surface area contributed by atoms with Gasteiger partial charge in [0.15, 0.2) is 0 Å². The molecule has 0 N–H and O–H groups in total. The van der Waals surface area contributed by atoms with Gasteiger partial charge in [-0.15, -0.1) is 0 Å². The molecule has 2 aromatic carbocycles. The Morgan fingerprint density at radius 2 is 1.34 bits per heavy atom. The van der Waals surface area contributed by atoms with Crippen molar-refractivity contribution >= 4 is 8.32 Å². The van der Waals surface area contributed by atoms with Crippen molar-refractivity contribution in [2.45, 2.75) is 122 Å². The topological polar surface area (TPSA) is 46.2 Å². The predicted octanol–water partition coefficient (Wildman–Crippen LogP) is 8.87. The maximum atomic E-state index is 7.38. The average Bonchev–Trinajstić information content (AvgIpc) is 3.04. The Morgan fingerprint density at radius 3 is 1.90 bits per heavy atom. The Morgan fingerprint density at radius 1 is 0.756 bits per heavy atom. The minimum Gasteiger partial charge on any atom is -0.497 e. The van der Waals surface area contributed by atoms with Crippen molar-refractivity contribution in [3.8, 4) is 5.75 Å². The third-order valence-corrected chi connectivity index (χ3v) is 14.7. The summed E-state index contributed by atoms with van der Waals surface area (Å²) in [6.45, 7) is 17.8. The summed E-state index contributed by atoms with van der Waals surface area (Å²) in [6.07, 6.45) is 6.64. The molecule has 228 valence electrons. The normalized spacial score (nSPS) is 22.9. The third kappa shape index (κ3) is 9.26. The van der Waals surface area contributed by atoms with E-state index in [9.17, 15) is 0 Å².